The van der Waals surface area contributed by atoms with Crippen LogP contribution in [0.25, 0.3) is 0 Å². The molecule has 0 saturated carbocycles. The molecule has 0 spiro atoms. The lowest BCUT2D eigenvalue weighted by Crippen LogP contribution is -2.45. The maximum atomic E-state index is 12.1. The molecule has 0 aliphatic carbocycles. The third kappa shape index (κ3) is 6.09. The Hall–Kier alpha value is -2.51. The summed E-state index contributed by atoms with van der Waals surface area (Å²) >= 11 is 0. The van der Waals surface area contributed by atoms with E-state index in [1.807, 2.05) is 25.7 Å². The van der Waals surface area contributed by atoms with Gasteiger partial charge in [0.05, 0.1) is 12.8 Å². The van der Waals surface area contributed by atoms with Crippen molar-refractivity contribution >= 4 is 17.8 Å². The average molecular weight is 363 g/mol. The molecule has 1 atom stereocenters. The molecule has 1 saturated heterocycles. The van der Waals surface area contributed by atoms with E-state index in [0.717, 1.165) is 13.0 Å². The zero-order valence-corrected chi connectivity index (χ0v) is 15.7. The van der Waals surface area contributed by atoms with Crippen LogP contribution in [-0.4, -0.2) is 54.9 Å². The van der Waals surface area contributed by atoms with Crippen LogP contribution < -0.4 is 16.0 Å². The molecule has 2 amide bonds. The topological polar surface area (TPSA) is 99.0 Å². The van der Waals surface area contributed by atoms with Crippen molar-refractivity contribution in [2.24, 2.45) is 10.9 Å². The van der Waals surface area contributed by atoms with Crippen molar-refractivity contribution < 1.29 is 14.0 Å². The lowest BCUT2D eigenvalue weighted by molar-refractivity contribution is -0.133. The van der Waals surface area contributed by atoms with E-state index in [-0.39, 0.29) is 30.3 Å². The van der Waals surface area contributed by atoms with Crippen LogP contribution in [-0.2, 0) is 16.1 Å². The van der Waals surface area contributed by atoms with Gasteiger partial charge in [-0.05, 0) is 25.5 Å². The first kappa shape index (κ1) is 19.8. The Morgan fingerprint density at radius 3 is 2.85 bits per heavy atom. The SMILES string of the molecule is CCNC(=NCC(=O)NCc1ccco1)NC1CCN(C(=O)C(C)C)C1. The summed E-state index contributed by atoms with van der Waals surface area (Å²) in [4.78, 5) is 30.2. The lowest BCUT2D eigenvalue weighted by Gasteiger charge is -2.20. The molecule has 8 nitrogen and oxygen atoms in total. The number of rotatable bonds is 7. The largest absolute Gasteiger partial charge is 0.467 e. The molecule has 1 aromatic heterocycles. The monoisotopic (exact) mass is 363 g/mol. The van der Waals surface area contributed by atoms with E-state index in [2.05, 4.69) is 20.9 Å². The van der Waals surface area contributed by atoms with Gasteiger partial charge in [0.2, 0.25) is 11.8 Å². The normalized spacial score (nSPS) is 17.5. The van der Waals surface area contributed by atoms with Crippen LogP contribution in [0.1, 0.15) is 33.0 Å². The number of furan rings is 1. The summed E-state index contributed by atoms with van der Waals surface area (Å²) in [6.45, 7) is 8.27. The van der Waals surface area contributed by atoms with Crippen molar-refractivity contribution in [3.63, 3.8) is 0 Å². The van der Waals surface area contributed by atoms with Gasteiger partial charge in [0.1, 0.15) is 12.3 Å². The Bertz CT molecular complexity index is 612. The number of nitrogens with one attached hydrogen (secondary N) is 3. The highest BCUT2D eigenvalue weighted by Gasteiger charge is 2.27. The standard InChI is InChI=1S/C18H29N5O3/c1-4-19-18(21-11-16(24)20-10-15-6-5-9-26-15)22-14-7-8-23(12-14)17(25)13(2)3/h5-6,9,13-14H,4,7-8,10-12H2,1-3H3,(H,20,24)(H2,19,21,22). The number of carbonyl (C=O) groups excluding carboxylic acids is 2. The number of likely N-dealkylation sites (tertiary alicyclic amines) is 1. The van der Waals surface area contributed by atoms with Gasteiger partial charge in [0.15, 0.2) is 5.96 Å². The summed E-state index contributed by atoms with van der Waals surface area (Å²) < 4.78 is 5.18. The predicted octanol–water partition coefficient (Wildman–Crippen LogP) is 0.708. The summed E-state index contributed by atoms with van der Waals surface area (Å²) in [5.41, 5.74) is 0. The third-order valence-corrected chi connectivity index (χ3v) is 4.10. The van der Waals surface area contributed by atoms with E-state index >= 15 is 0 Å². The molecule has 26 heavy (non-hydrogen) atoms. The summed E-state index contributed by atoms with van der Waals surface area (Å²) in [6.07, 6.45) is 2.44. The van der Waals surface area contributed by atoms with Gasteiger partial charge in [-0.1, -0.05) is 13.8 Å². The molecule has 144 valence electrons. The first-order valence-corrected chi connectivity index (χ1v) is 9.12. The second kappa shape index (κ2) is 9.84. The number of hydrogen-bond donors (Lipinski definition) is 3. The minimum Gasteiger partial charge on any atom is -0.467 e. The number of guanidine groups is 1. The van der Waals surface area contributed by atoms with Crippen molar-refractivity contribution in [1.82, 2.24) is 20.9 Å². The Morgan fingerprint density at radius 2 is 2.19 bits per heavy atom. The second-order valence-electron chi connectivity index (χ2n) is 6.62. The van der Waals surface area contributed by atoms with Crippen molar-refractivity contribution in [2.75, 3.05) is 26.2 Å². The minimum absolute atomic E-state index is 0.00788. The zero-order valence-electron chi connectivity index (χ0n) is 15.7. The van der Waals surface area contributed by atoms with Crippen LogP contribution >= 0.6 is 0 Å². The van der Waals surface area contributed by atoms with Crippen LogP contribution in [0.5, 0.6) is 0 Å². The molecule has 8 heteroatoms. The molecule has 0 radical (unpaired) electrons. The number of amides is 2. The highest BCUT2D eigenvalue weighted by Crippen LogP contribution is 2.12. The molecule has 1 unspecified atom stereocenters. The van der Waals surface area contributed by atoms with Crippen LogP contribution in [0.4, 0.5) is 0 Å². The fourth-order valence-corrected chi connectivity index (χ4v) is 2.76. The zero-order chi connectivity index (χ0) is 18.9. The summed E-state index contributed by atoms with van der Waals surface area (Å²) in [5.74, 6) is 1.29. The molecule has 0 aromatic carbocycles. The van der Waals surface area contributed by atoms with Crippen LogP contribution in [0.2, 0.25) is 0 Å². The third-order valence-electron chi connectivity index (χ3n) is 4.10. The number of aliphatic imine (C=N–C) groups is 1. The van der Waals surface area contributed by atoms with Gasteiger partial charge in [-0.25, -0.2) is 4.99 Å². The van der Waals surface area contributed by atoms with E-state index in [0.29, 0.717) is 31.4 Å². The highest BCUT2D eigenvalue weighted by atomic mass is 16.3. The Balaban J connectivity index is 1.80. The highest BCUT2D eigenvalue weighted by molar-refractivity contribution is 5.85. The maximum Gasteiger partial charge on any atom is 0.242 e. The summed E-state index contributed by atoms with van der Waals surface area (Å²) in [6, 6.07) is 3.72. The lowest BCUT2D eigenvalue weighted by atomic mass is 10.2. The fraction of sp³-hybridized carbons (Fsp3) is 0.611. The molecule has 1 aromatic rings. The van der Waals surface area contributed by atoms with Crippen LogP contribution in [0.15, 0.2) is 27.8 Å². The summed E-state index contributed by atoms with van der Waals surface area (Å²) in [5, 5.41) is 9.21. The smallest absolute Gasteiger partial charge is 0.242 e. The first-order chi connectivity index (χ1) is 12.5. The van der Waals surface area contributed by atoms with E-state index in [1.165, 1.54) is 0 Å². The first-order valence-electron chi connectivity index (χ1n) is 9.12. The minimum atomic E-state index is -0.179. The molecular weight excluding hydrogens is 334 g/mol. The average Bonchev–Trinajstić information content (AvgIpc) is 3.29. The van der Waals surface area contributed by atoms with Gasteiger partial charge in [-0.15, -0.1) is 0 Å². The van der Waals surface area contributed by atoms with Gasteiger partial charge in [-0.3, -0.25) is 9.59 Å². The summed E-state index contributed by atoms with van der Waals surface area (Å²) in [7, 11) is 0. The molecule has 1 aliphatic heterocycles. The molecule has 1 fully saturated rings. The Labute approximate surface area is 154 Å². The molecule has 2 heterocycles. The number of carbonyl (C=O) groups is 2. The van der Waals surface area contributed by atoms with E-state index in [1.54, 1.807) is 18.4 Å². The Kier molecular flexibility index (Phi) is 7.50. The quantitative estimate of drug-likeness (QED) is 0.489. The van der Waals surface area contributed by atoms with Crippen LogP contribution in [0.3, 0.4) is 0 Å². The molecule has 2 rings (SSSR count). The second-order valence-corrected chi connectivity index (χ2v) is 6.62. The van der Waals surface area contributed by atoms with Gasteiger partial charge >= 0.3 is 0 Å². The van der Waals surface area contributed by atoms with Gasteiger partial charge in [0.25, 0.3) is 0 Å². The molecule has 0 bridgehead atoms. The van der Waals surface area contributed by atoms with Crippen LogP contribution in [0, 0.1) is 5.92 Å². The van der Waals surface area contributed by atoms with Crippen molar-refractivity contribution in [3.8, 4) is 0 Å². The van der Waals surface area contributed by atoms with E-state index in [9.17, 15) is 9.59 Å². The van der Waals surface area contributed by atoms with E-state index in [4.69, 9.17) is 4.42 Å². The maximum absolute atomic E-state index is 12.1. The number of hydrogen-bond acceptors (Lipinski definition) is 4. The van der Waals surface area contributed by atoms with Gasteiger partial charge < -0.3 is 25.3 Å². The molecule has 1 aliphatic rings. The molecular formula is C18H29N5O3. The van der Waals surface area contributed by atoms with Crippen molar-refractivity contribution in [1.29, 1.82) is 0 Å². The van der Waals surface area contributed by atoms with E-state index < -0.39 is 0 Å². The predicted molar refractivity (Wildman–Crippen MR) is 99.5 cm³/mol. The molecule has 3 N–H and O–H groups in total. The number of nitrogens with zero attached hydrogens (tertiary/aromatic N) is 2. The van der Waals surface area contributed by atoms with Gasteiger partial charge in [-0.2, -0.15) is 0 Å². The fourth-order valence-electron chi connectivity index (χ4n) is 2.76. The van der Waals surface area contributed by atoms with Gasteiger partial charge in [0, 0.05) is 31.6 Å². The Morgan fingerprint density at radius 1 is 1.38 bits per heavy atom. The van der Waals surface area contributed by atoms with Crippen molar-refractivity contribution in [3.05, 3.63) is 24.2 Å². The van der Waals surface area contributed by atoms with Crippen molar-refractivity contribution in [2.45, 2.75) is 39.8 Å².